The molecule has 0 aliphatic rings. The first kappa shape index (κ1) is 39.5. The van der Waals surface area contributed by atoms with Gasteiger partial charge in [0, 0.05) is 63.7 Å². The minimum atomic E-state index is -1.56. The third kappa shape index (κ3) is 15.9. The zero-order valence-corrected chi connectivity index (χ0v) is 31.3. The van der Waals surface area contributed by atoms with Crippen molar-refractivity contribution in [3.8, 4) is 5.75 Å². The number of esters is 1. The molecule has 290 valence electrons. The summed E-state index contributed by atoms with van der Waals surface area (Å²) < 4.78 is 30.3. The van der Waals surface area contributed by atoms with E-state index in [1.807, 2.05) is 38.1 Å². The second-order valence-corrected chi connectivity index (χ2v) is 12.0. The van der Waals surface area contributed by atoms with Gasteiger partial charge in [0.15, 0.2) is 0 Å². The number of carbonyl (C=O) groups is 3. The summed E-state index contributed by atoms with van der Waals surface area (Å²) in [5.74, 6) is 0.183. The van der Waals surface area contributed by atoms with E-state index in [-0.39, 0.29) is 44.2 Å². The van der Waals surface area contributed by atoms with Gasteiger partial charge in [-0.25, -0.2) is 0 Å². The third-order valence-corrected chi connectivity index (χ3v) is 7.83. The van der Waals surface area contributed by atoms with E-state index in [0.717, 1.165) is 30.8 Å². The summed E-state index contributed by atoms with van der Waals surface area (Å²) in [7, 11) is -0.000799. The Bertz CT molecular complexity index is 1730. The highest BCUT2D eigenvalue weighted by atomic mass is 16.6. The van der Waals surface area contributed by atoms with Crippen LogP contribution in [0, 0.1) is 0 Å². The summed E-state index contributed by atoms with van der Waals surface area (Å²) in [4.78, 5) is 42.5. The molecule has 0 spiro atoms. The molecular formula is C39H53N9O6. The summed E-state index contributed by atoms with van der Waals surface area (Å²) in [5.41, 5.74) is 3.47. The summed E-state index contributed by atoms with van der Waals surface area (Å²) in [6.45, 7) is 9.82. The minimum absolute atomic E-state index is 0.0173. The van der Waals surface area contributed by atoms with Crippen LogP contribution < -0.4 is 25.6 Å². The number of benzene rings is 2. The van der Waals surface area contributed by atoms with Gasteiger partial charge in [-0.3, -0.25) is 19.4 Å². The van der Waals surface area contributed by atoms with Crippen molar-refractivity contribution in [2.45, 2.75) is 64.9 Å². The van der Waals surface area contributed by atoms with Gasteiger partial charge in [-0.05, 0) is 74.7 Å². The van der Waals surface area contributed by atoms with E-state index in [4.69, 9.17) is 17.0 Å². The molecule has 0 fully saturated rings. The first-order chi connectivity index (χ1) is 27.1. The third-order valence-electron chi connectivity index (χ3n) is 7.83. The molecule has 2 unspecified atom stereocenters. The largest absolute Gasteiger partial charge is 0.494 e. The number of ether oxygens (including phenoxy) is 3. The van der Waals surface area contributed by atoms with Crippen molar-refractivity contribution in [3.05, 3.63) is 79.4 Å². The summed E-state index contributed by atoms with van der Waals surface area (Å²) in [6.07, 6.45) is 5.60. The van der Waals surface area contributed by atoms with Crippen LogP contribution in [0.5, 0.6) is 5.75 Å². The van der Waals surface area contributed by atoms with E-state index in [2.05, 4.69) is 52.9 Å². The number of pyridine rings is 1. The number of unbranched alkanes of at least 4 members (excludes halogenated alkanes) is 2. The fourth-order valence-electron chi connectivity index (χ4n) is 4.96. The molecule has 1 heterocycles. The van der Waals surface area contributed by atoms with Crippen LogP contribution in [-0.4, -0.2) is 75.8 Å². The number of nitrogens with zero attached hydrogens (tertiary/aromatic N) is 6. The molecule has 0 saturated carbocycles. The SMILES string of the molecule is [2H]C([3H])OCC(CNC(=O)CCCCCNC(=C)N(CC)c1ccc(N=Nc2ccc(N=Nc3ccncc3)c(OC)c2)cc1)OC(=O)CCC(=O)NCCC. The van der Waals surface area contributed by atoms with Crippen LogP contribution >= 0.6 is 0 Å². The van der Waals surface area contributed by atoms with Gasteiger partial charge in [0.2, 0.25) is 11.8 Å². The Morgan fingerprint density at radius 2 is 1.57 bits per heavy atom. The molecule has 54 heavy (non-hydrogen) atoms. The van der Waals surface area contributed by atoms with Gasteiger partial charge >= 0.3 is 5.97 Å². The number of carbonyl (C=O) groups excluding carboxylic acids is 3. The number of anilines is 1. The molecule has 0 aliphatic heterocycles. The number of amides is 2. The van der Waals surface area contributed by atoms with Crippen molar-refractivity contribution >= 4 is 46.2 Å². The average molecular weight is 747 g/mol. The Hall–Kier alpha value is -5.70. The van der Waals surface area contributed by atoms with Gasteiger partial charge in [0.25, 0.3) is 0 Å². The van der Waals surface area contributed by atoms with Gasteiger partial charge in [-0.1, -0.05) is 19.9 Å². The van der Waals surface area contributed by atoms with Gasteiger partial charge in [0.05, 0.1) is 52.3 Å². The molecule has 1 aromatic heterocycles. The number of rotatable bonds is 25. The lowest BCUT2D eigenvalue weighted by Crippen LogP contribution is -2.37. The van der Waals surface area contributed by atoms with E-state index in [9.17, 15) is 14.4 Å². The second-order valence-electron chi connectivity index (χ2n) is 12.0. The number of aromatic nitrogens is 1. The molecule has 3 rings (SSSR count). The van der Waals surface area contributed by atoms with Crippen LogP contribution in [0.25, 0.3) is 0 Å². The molecule has 0 saturated heterocycles. The maximum atomic E-state index is 12.5. The smallest absolute Gasteiger partial charge is 0.306 e. The Labute approximate surface area is 320 Å². The van der Waals surface area contributed by atoms with Crippen molar-refractivity contribution in [2.75, 3.05) is 51.9 Å². The molecule has 3 N–H and O–H groups in total. The predicted octanol–water partition coefficient (Wildman–Crippen LogP) is 7.35. The number of nitrogens with one attached hydrogen (secondary N) is 3. The highest BCUT2D eigenvalue weighted by Gasteiger charge is 2.17. The minimum Gasteiger partial charge on any atom is -0.494 e. The molecule has 2 atom stereocenters. The molecule has 15 nitrogen and oxygen atoms in total. The van der Waals surface area contributed by atoms with Gasteiger partial charge in [0.1, 0.15) is 17.5 Å². The molecule has 0 radical (unpaired) electrons. The van der Waals surface area contributed by atoms with E-state index >= 15 is 0 Å². The maximum absolute atomic E-state index is 12.5. The molecular weight excluding hydrogens is 690 g/mol. The Balaban J connectivity index is 1.38. The summed E-state index contributed by atoms with van der Waals surface area (Å²) in [6, 6.07) is 16.5. The standard InChI is InChI=1S/C39H53N9O6/c1-6-22-42-38(50)18-19-39(51)54-34(28-52-4)27-43-37(49)11-9-8-10-23-41-29(3)48(7-2)33-15-12-30(13-16-33)44-46-32-14-17-35(36(26-32)53-5)47-45-31-20-24-40-25-21-31/h12-17,20-21,24-26,34,41H,3,6-11,18-19,22-23,27-28H2,1-2,4-5H3,(H,42,50)(H,43,49)/i4TD. The van der Waals surface area contributed by atoms with Crippen molar-refractivity contribution in [1.82, 2.24) is 20.9 Å². The lowest BCUT2D eigenvalue weighted by Gasteiger charge is -2.26. The van der Waals surface area contributed by atoms with E-state index < -0.39 is 19.1 Å². The normalized spacial score (nSPS) is 12.7. The molecule has 2 amide bonds. The number of methoxy groups -OCH3 is 2. The molecule has 15 heteroatoms. The van der Waals surface area contributed by atoms with Crippen LogP contribution in [0.3, 0.4) is 0 Å². The van der Waals surface area contributed by atoms with Crippen LogP contribution in [-0.2, 0) is 23.9 Å². The predicted molar refractivity (Wildman–Crippen MR) is 208 cm³/mol. The second kappa shape index (κ2) is 24.5. The first-order valence-electron chi connectivity index (χ1n) is 19.2. The quantitative estimate of drug-likeness (QED) is 0.0454. The lowest BCUT2D eigenvalue weighted by molar-refractivity contribution is -0.152. The van der Waals surface area contributed by atoms with Crippen molar-refractivity contribution in [1.29, 1.82) is 0 Å². The highest BCUT2D eigenvalue weighted by molar-refractivity contribution is 5.81. The van der Waals surface area contributed by atoms with Gasteiger partial charge in [-0.2, -0.15) is 15.3 Å². The van der Waals surface area contributed by atoms with Gasteiger partial charge < -0.3 is 35.1 Å². The van der Waals surface area contributed by atoms with Crippen LogP contribution in [0.2, 0.25) is 0 Å². The Kier molecular flexibility index (Phi) is 17.9. The summed E-state index contributed by atoms with van der Waals surface area (Å²) in [5, 5.41) is 26.0. The van der Waals surface area contributed by atoms with Crippen LogP contribution in [0.1, 0.15) is 61.5 Å². The number of azo groups is 2. The molecule has 2 aromatic carbocycles. The van der Waals surface area contributed by atoms with Crippen molar-refractivity contribution in [2.24, 2.45) is 20.5 Å². The fourth-order valence-corrected chi connectivity index (χ4v) is 4.96. The van der Waals surface area contributed by atoms with Gasteiger partial charge in [-0.15, -0.1) is 5.11 Å². The molecule has 0 aliphatic carbocycles. The molecule has 0 bridgehead atoms. The van der Waals surface area contributed by atoms with Crippen molar-refractivity contribution in [3.63, 3.8) is 0 Å². The maximum Gasteiger partial charge on any atom is 0.306 e. The van der Waals surface area contributed by atoms with Crippen LogP contribution in [0.4, 0.5) is 28.4 Å². The zero-order valence-electron chi connectivity index (χ0n) is 33.3. The average Bonchev–Trinajstić information content (AvgIpc) is 3.21. The van der Waals surface area contributed by atoms with E-state index in [1.165, 1.54) is 0 Å². The number of hydrogen-bond acceptors (Lipinski definition) is 13. The van der Waals surface area contributed by atoms with Crippen LogP contribution in [0.15, 0.2) is 99.8 Å². The fraction of sp³-hybridized carbons (Fsp3) is 0.436. The van der Waals surface area contributed by atoms with E-state index in [0.29, 0.717) is 54.6 Å². The first-order valence-corrected chi connectivity index (χ1v) is 18.0. The number of hydrogen-bond donors (Lipinski definition) is 3. The lowest BCUT2D eigenvalue weighted by atomic mass is 10.2. The zero-order chi connectivity index (χ0) is 40.5. The topological polar surface area (TPSA) is 181 Å². The monoisotopic (exact) mass is 746 g/mol. The molecule has 3 aromatic rings. The Morgan fingerprint density at radius 1 is 0.870 bits per heavy atom. The Morgan fingerprint density at radius 3 is 2.30 bits per heavy atom. The van der Waals surface area contributed by atoms with Crippen molar-refractivity contribution < 1.29 is 31.3 Å². The summed E-state index contributed by atoms with van der Waals surface area (Å²) >= 11 is 0. The van der Waals surface area contributed by atoms with E-state index in [1.54, 1.807) is 49.8 Å². The highest BCUT2D eigenvalue weighted by Crippen LogP contribution is 2.33.